The van der Waals surface area contributed by atoms with Crippen molar-refractivity contribution in [1.82, 2.24) is 0 Å². The van der Waals surface area contributed by atoms with Gasteiger partial charge in [-0.15, -0.1) is 6.42 Å². The Bertz CT molecular complexity index is 400. The summed E-state index contributed by atoms with van der Waals surface area (Å²) in [5.41, 5.74) is 0. The minimum Gasteiger partial charge on any atom is -0.394 e. The van der Waals surface area contributed by atoms with Gasteiger partial charge in [0.15, 0.2) is 6.29 Å². The van der Waals surface area contributed by atoms with Crippen molar-refractivity contribution >= 4 is 0 Å². The molecule has 10 nitrogen and oxygen atoms in total. The average molecular weight is 394 g/mol. The van der Waals surface area contributed by atoms with Crippen LogP contribution in [-0.4, -0.2) is 117 Å². The molecule has 1 heterocycles. The highest BCUT2D eigenvalue weighted by Gasteiger charge is 2.43. The van der Waals surface area contributed by atoms with E-state index in [0.717, 1.165) is 0 Å². The summed E-state index contributed by atoms with van der Waals surface area (Å²) in [6.45, 7) is 2.61. The third-order valence-corrected chi connectivity index (χ3v) is 3.66. The van der Waals surface area contributed by atoms with Crippen LogP contribution in [0, 0.1) is 12.3 Å². The highest BCUT2D eigenvalue weighted by Crippen LogP contribution is 2.21. The Morgan fingerprint density at radius 1 is 0.741 bits per heavy atom. The van der Waals surface area contributed by atoms with Gasteiger partial charge in [0.2, 0.25) is 0 Å². The summed E-state index contributed by atoms with van der Waals surface area (Å²) in [6.07, 6.45) is -1.39. The van der Waals surface area contributed by atoms with Crippen LogP contribution in [0.25, 0.3) is 0 Å². The maximum absolute atomic E-state index is 9.79. The zero-order valence-electron chi connectivity index (χ0n) is 15.3. The Morgan fingerprint density at radius 3 is 1.78 bits per heavy atom. The van der Waals surface area contributed by atoms with Gasteiger partial charge in [-0.2, -0.15) is 0 Å². The number of rotatable bonds is 15. The van der Waals surface area contributed by atoms with Crippen molar-refractivity contribution in [2.75, 3.05) is 66.1 Å². The van der Waals surface area contributed by atoms with E-state index < -0.39 is 37.3 Å². The summed E-state index contributed by atoms with van der Waals surface area (Å²) >= 11 is 0. The summed E-state index contributed by atoms with van der Waals surface area (Å²) < 4.78 is 31.4. The fourth-order valence-electron chi connectivity index (χ4n) is 2.22. The van der Waals surface area contributed by atoms with Crippen molar-refractivity contribution in [3.8, 4) is 12.3 Å². The standard InChI is InChI=1S/C17H30O10/c1-2-3-22-4-5-23-6-7-24-8-9-25-10-11-26-17-16(21)15(20)14(19)13(12-18)27-17/h1,13-21H,3-12H2/t13-,14+,15+,16-,17-/m1/s1. The number of aliphatic hydroxyl groups excluding tert-OH is 4. The number of aliphatic hydroxyl groups is 4. The first kappa shape index (κ1) is 24.2. The zero-order valence-corrected chi connectivity index (χ0v) is 15.3. The van der Waals surface area contributed by atoms with Crippen molar-refractivity contribution in [1.29, 1.82) is 0 Å². The van der Waals surface area contributed by atoms with Crippen molar-refractivity contribution < 1.29 is 48.8 Å². The van der Waals surface area contributed by atoms with E-state index >= 15 is 0 Å². The Labute approximate surface area is 158 Å². The average Bonchev–Trinajstić information content (AvgIpc) is 2.68. The van der Waals surface area contributed by atoms with Crippen LogP contribution in [0.3, 0.4) is 0 Å². The second-order valence-corrected chi connectivity index (χ2v) is 5.66. The molecule has 10 heteroatoms. The molecule has 1 aliphatic rings. The first-order valence-electron chi connectivity index (χ1n) is 8.78. The maximum atomic E-state index is 9.79. The molecule has 0 bridgehead atoms. The molecular weight excluding hydrogens is 364 g/mol. The molecular formula is C17H30O10. The first-order chi connectivity index (χ1) is 13.1. The van der Waals surface area contributed by atoms with Gasteiger partial charge >= 0.3 is 0 Å². The van der Waals surface area contributed by atoms with Crippen LogP contribution in [0.1, 0.15) is 0 Å². The molecule has 0 aromatic rings. The quantitative estimate of drug-likeness (QED) is 0.174. The lowest BCUT2D eigenvalue weighted by Gasteiger charge is -2.39. The van der Waals surface area contributed by atoms with Crippen molar-refractivity contribution in [2.24, 2.45) is 0 Å². The van der Waals surface area contributed by atoms with E-state index in [0.29, 0.717) is 39.6 Å². The molecule has 0 aliphatic carbocycles. The van der Waals surface area contributed by atoms with Crippen LogP contribution in [0.15, 0.2) is 0 Å². The number of terminal acetylenes is 1. The largest absolute Gasteiger partial charge is 0.394 e. The Morgan fingerprint density at radius 2 is 1.26 bits per heavy atom. The van der Waals surface area contributed by atoms with Crippen molar-refractivity contribution in [3.63, 3.8) is 0 Å². The normalized spacial score (nSPS) is 28.2. The highest BCUT2D eigenvalue weighted by molar-refractivity contribution is 4.88. The van der Waals surface area contributed by atoms with Crippen molar-refractivity contribution in [3.05, 3.63) is 0 Å². The van der Waals surface area contributed by atoms with E-state index in [1.165, 1.54) is 0 Å². The van der Waals surface area contributed by atoms with Crippen LogP contribution in [0.5, 0.6) is 0 Å². The lowest BCUT2D eigenvalue weighted by Crippen LogP contribution is -2.59. The molecule has 0 saturated carbocycles. The second-order valence-electron chi connectivity index (χ2n) is 5.66. The molecule has 1 fully saturated rings. The van der Waals surface area contributed by atoms with E-state index in [2.05, 4.69) is 5.92 Å². The van der Waals surface area contributed by atoms with Gasteiger partial charge in [-0.3, -0.25) is 0 Å². The molecule has 27 heavy (non-hydrogen) atoms. The summed E-state index contributed by atoms with van der Waals surface area (Å²) in [5.74, 6) is 2.36. The molecule has 0 unspecified atom stereocenters. The number of hydrogen-bond acceptors (Lipinski definition) is 10. The van der Waals surface area contributed by atoms with E-state index in [1.807, 2.05) is 0 Å². The van der Waals surface area contributed by atoms with E-state index in [4.69, 9.17) is 40.0 Å². The fraction of sp³-hybridized carbons (Fsp3) is 0.882. The van der Waals surface area contributed by atoms with Gasteiger partial charge in [0, 0.05) is 0 Å². The Kier molecular flexibility index (Phi) is 13.6. The van der Waals surface area contributed by atoms with E-state index in [9.17, 15) is 15.3 Å². The van der Waals surface area contributed by atoms with E-state index in [1.54, 1.807) is 0 Å². The molecule has 1 rings (SSSR count). The smallest absolute Gasteiger partial charge is 0.186 e. The molecule has 5 atom stereocenters. The van der Waals surface area contributed by atoms with Gasteiger partial charge in [0.1, 0.15) is 31.0 Å². The van der Waals surface area contributed by atoms with Gasteiger partial charge in [-0.1, -0.05) is 5.92 Å². The zero-order chi connectivity index (χ0) is 19.9. The second kappa shape index (κ2) is 15.1. The molecule has 1 aliphatic heterocycles. The highest BCUT2D eigenvalue weighted by atomic mass is 16.7. The first-order valence-corrected chi connectivity index (χ1v) is 8.78. The predicted molar refractivity (Wildman–Crippen MR) is 91.8 cm³/mol. The van der Waals surface area contributed by atoms with Gasteiger partial charge in [0.05, 0.1) is 59.5 Å². The summed E-state index contributed by atoms with van der Waals surface area (Å²) in [6, 6.07) is 0. The van der Waals surface area contributed by atoms with Gasteiger partial charge in [0.25, 0.3) is 0 Å². The van der Waals surface area contributed by atoms with Crippen LogP contribution in [0.4, 0.5) is 0 Å². The molecule has 1 saturated heterocycles. The van der Waals surface area contributed by atoms with Crippen LogP contribution >= 0.6 is 0 Å². The van der Waals surface area contributed by atoms with Crippen LogP contribution in [0.2, 0.25) is 0 Å². The summed E-state index contributed by atoms with van der Waals surface area (Å²) in [7, 11) is 0. The minimum absolute atomic E-state index is 0.101. The van der Waals surface area contributed by atoms with E-state index in [-0.39, 0.29) is 19.8 Å². The lowest BCUT2D eigenvalue weighted by molar-refractivity contribution is -0.302. The SMILES string of the molecule is C#CCOCCOCCOCCOCCO[C@@H]1O[C@H](CO)[C@H](O)[C@H](O)[C@H]1O. The molecule has 0 aromatic heterocycles. The monoisotopic (exact) mass is 394 g/mol. The third kappa shape index (κ3) is 9.77. The maximum Gasteiger partial charge on any atom is 0.186 e. The fourth-order valence-corrected chi connectivity index (χ4v) is 2.22. The van der Waals surface area contributed by atoms with Gasteiger partial charge in [-0.05, 0) is 0 Å². The number of ether oxygens (including phenoxy) is 6. The third-order valence-electron chi connectivity index (χ3n) is 3.66. The lowest BCUT2D eigenvalue weighted by atomic mass is 9.99. The van der Waals surface area contributed by atoms with Crippen LogP contribution < -0.4 is 0 Å². The van der Waals surface area contributed by atoms with Crippen LogP contribution in [-0.2, 0) is 28.4 Å². The summed E-state index contributed by atoms with van der Waals surface area (Å²) in [4.78, 5) is 0. The minimum atomic E-state index is -1.46. The Hall–Kier alpha value is -0.840. The predicted octanol–water partition coefficient (Wildman–Crippen LogP) is -2.50. The summed E-state index contributed by atoms with van der Waals surface area (Å²) in [5, 5.41) is 38.2. The Balaban J connectivity index is 1.93. The van der Waals surface area contributed by atoms with Gasteiger partial charge < -0.3 is 48.8 Å². The molecule has 0 radical (unpaired) electrons. The molecule has 0 aromatic carbocycles. The molecule has 158 valence electrons. The molecule has 4 N–H and O–H groups in total. The molecule has 0 amide bonds. The molecule has 0 spiro atoms. The topological polar surface area (TPSA) is 136 Å². The number of hydrogen-bond donors (Lipinski definition) is 4. The van der Waals surface area contributed by atoms with Gasteiger partial charge in [-0.25, -0.2) is 0 Å². The van der Waals surface area contributed by atoms with Crippen molar-refractivity contribution in [2.45, 2.75) is 30.7 Å².